The highest BCUT2D eigenvalue weighted by Crippen LogP contribution is 2.10. The number of Topliss-reactive ketones (excluding diaryl/α,β-unsaturated/α-hetero) is 1. The predicted molar refractivity (Wildman–Crippen MR) is 62.7 cm³/mol. The molecule has 0 radical (unpaired) electrons. The van der Waals surface area contributed by atoms with Crippen molar-refractivity contribution in [1.82, 2.24) is 4.98 Å². The quantitative estimate of drug-likeness (QED) is 0.514. The maximum Gasteiger partial charge on any atom is 0.357 e. The molecule has 0 amide bonds. The molecule has 0 bridgehead atoms. The molecular formula is C10H11BrN2O3. The molecule has 0 saturated carbocycles. The maximum atomic E-state index is 11.4. The lowest BCUT2D eigenvalue weighted by Gasteiger charge is -2.04. The Hall–Kier alpha value is -1.43. The summed E-state index contributed by atoms with van der Waals surface area (Å²) in [5, 5.41) is 0.131. The number of carbonyl (C=O) groups excluding carboxylic acids is 2. The first-order valence-electron chi connectivity index (χ1n) is 4.62. The minimum Gasteiger partial charge on any atom is -0.461 e. The van der Waals surface area contributed by atoms with Crippen molar-refractivity contribution in [3.63, 3.8) is 0 Å². The van der Waals surface area contributed by atoms with Crippen molar-refractivity contribution >= 4 is 33.4 Å². The summed E-state index contributed by atoms with van der Waals surface area (Å²) in [7, 11) is 0. The van der Waals surface area contributed by atoms with Gasteiger partial charge in [0.25, 0.3) is 0 Å². The minimum atomic E-state index is -0.585. The van der Waals surface area contributed by atoms with Crippen LogP contribution in [0.2, 0.25) is 0 Å². The van der Waals surface area contributed by atoms with E-state index in [2.05, 4.69) is 20.9 Å². The number of aromatic nitrogens is 1. The number of hydrogen-bond donors (Lipinski definition) is 1. The van der Waals surface area contributed by atoms with Gasteiger partial charge in [0.1, 0.15) is 5.69 Å². The first-order valence-corrected chi connectivity index (χ1v) is 5.74. The van der Waals surface area contributed by atoms with Crippen LogP contribution in [0, 0.1) is 0 Å². The number of anilines is 1. The van der Waals surface area contributed by atoms with E-state index in [0.717, 1.165) is 0 Å². The molecule has 0 aromatic carbocycles. The van der Waals surface area contributed by atoms with Crippen LogP contribution >= 0.6 is 15.9 Å². The summed E-state index contributed by atoms with van der Waals surface area (Å²) in [4.78, 5) is 26.7. The zero-order valence-electron chi connectivity index (χ0n) is 8.70. The molecule has 0 aliphatic carbocycles. The van der Waals surface area contributed by atoms with Crippen LogP contribution in [0.15, 0.2) is 12.1 Å². The van der Waals surface area contributed by atoms with Gasteiger partial charge in [-0.1, -0.05) is 15.9 Å². The molecule has 0 unspecified atom stereocenters. The third kappa shape index (κ3) is 3.03. The summed E-state index contributed by atoms with van der Waals surface area (Å²) in [6.45, 7) is 1.94. The molecule has 1 rings (SSSR count). The molecule has 86 valence electrons. The van der Waals surface area contributed by atoms with Crippen LogP contribution in [0.25, 0.3) is 0 Å². The number of ketones is 1. The molecule has 1 aromatic rings. The number of rotatable bonds is 4. The Morgan fingerprint density at radius 2 is 2.06 bits per heavy atom. The fourth-order valence-electron chi connectivity index (χ4n) is 1.07. The summed E-state index contributed by atoms with van der Waals surface area (Å²) in [5.41, 5.74) is 6.08. The smallest absolute Gasteiger partial charge is 0.357 e. The van der Waals surface area contributed by atoms with Crippen LogP contribution in [0.3, 0.4) is 0 Å². The van der Waals surface area contributed by atoms with Gasteiger partial charge in [-0.15, -0.1) is 0 Å². The summed E-state index contributed by atoms with van der Waals surface area (Å²) in [5.74, 6) is -0.823. The van der Waals surface area contributed by atoms with Crippen molar-refractivity contribution in [2.24, 2.45) is 0 Å². The number of esters is 1. The number of pyridine rings is 1. The number of hydrogen-bond acceptors (Lipinski definition) is 5. The Bertz CT molecular complexity index is 421. The third-order valence-corrected chi connectivity index (χ3v) is 2.25. The number of ether oxygens (including phenoxy) is 1. The Labute approximate surface area is 101 Å². The average Bonchev–Trinajstić information content (AvgIpc) is 2.27. The Kier molecular flexibility index (Phi) is 4.42. The fourth-order valence-corrected chi connectivity index (χ4v) is 1.36. The van der Waals surface area contributed by atoms with Gasteiger partial charge in [-0.05, 0) is 19.1 Å². The van der Waals surface area contributed by atoms with E-state index >= 15 is 0 Å². The van der Waals surface area contributed by atoms with E-state index in [9.17, 15) is 9.59 Å². The van der Waals surface area contributed by atoms with Gasteiger partial charge in [0.05, 0.1) is 11.9 Å². The van der Waals surface area contributed by atoms with Gasteiger partial charge < -0.3 is 10.5 Å². The Balaban J connectivity index is 3.07. The summed E-state index contributed by atoms with van der Waals surface area (Å²) in [6, 6.07) is 2.80. The van der Waals surface area contributed by atoms with E-state index in [4.69, 9.17) is 10.5 Å². The monoisotopic (exact) mass is 286 g/mol. The van der Waals surface area contributed by atoms with Crippen LogP contribution in [0.1, 0.15) is 27.9 Å². The van der Waals surface area contributed by atoms with Crippen molar-refractivity contribution in [3.8, 4) is 0 Å². The van der Waals surface area contributed by atoms with Gasteiger partial charge in [0.15, 0.2) is 11.5 Å². The summed E-state index contributed by atoms with van der Waals surface area (Å²) in [6.07, 6.45) is 0. The predicted octanol–water partition coefficient (Wildman–Crippen LogP) is 1.42. The van der Waals surface area contributed by atoms with Crippen LogP contribution in [-0.4, -0.2) is 28.7 Å². The highest BCUT2D eigenvalue weighted by atomic mass is 79.9. The van der Waals surface area contributed by atoms with E-state index < -0.39 is 5.97 Å². The summed E-state index contributed by atoms with van der Waals surface area (Å²) < 4.78 is 4.77. The van der Waals surface area contributed by atoms with E-state index in [0.29, 0.717) is 5.69 Å². The van der Waals surface area contributed by atoms with Gasteiger partial charge in [-0.3, -0.25) is 4.79 Å². The second kappa shape index (κ2) is 5.60. The number of halogens is 1. The van der Waals surface area contributed by atoms with Crippen molar-refractivity contribution < 1.29 is 14.3 Å². The first-order chi connectivity index (χ1) is 7.58. The largest absolute Gasteiger partial charge is 0.461 e. The molecule has 2 N–H and O–H groups in total. The highest BCUT2D eigenvalue weighted by Gasteiger charge is 2.13. The van der Waals surface area contributed by atoms with Crippen LogP contribution in [0.5, 0.6) is 0 Å². The second-order valence-electron chi connectivity index (χ2n) is 2.95. The normalized spacial score (nSPS) is 9.88. The van der Waals surface area contributed by atoms with Gasteiger partial charge >= 0.3 is 5.97 Å². The minimum absolute atomic E-state index is 0.0474. The van der Waals surface area contributed by atoms with Crippen LogP contribution in [0.4, 0.5) is 5.69 Å². The van der Waals surface area contributed by atoms with E-state index in [-0.39, 0.29) is 29.1 Å². The van der Waals surface area contributed by atoms with Crippen molar-refractivity contribution in [2.45, 2.75) is 6.92 Å². The van der Waals surface area contributed by atoms with Gasteiger partial charge in [-0.25, -0.2) is 9.78 Å². The molecule has 0 aliphatic heterocycles. The average molecular weight is 287 g/mol. The lowest BCUT2D eigenvalue weighted by atomic mass is 10.2. The van der Waals surface area contributed by atoms with Gasteiger partial charge in [0.2, 0.25) is 0 Å². The zero-order chi connectivity index (χ0) is 12.1. The van der Waals surface area contributed by atoms with E-state index in [1.54, 1.807) is 6.92 Å². The first kappa shape index (κ1) is 12.6. The van der Waals surface area contributed by atoms with E-state index in [1.165, 1.54) is 12.1 Å². The molecule has 1 heterocycles. The molecular weight excluding hydrogens is 276 g/mol. The topological polar surface area (TPSA) is 82.3 Å². The third-order valence-electron chi connectivity index (χ3n) is 1.74. The van der Waals surface area contributed by atoms with Crippen LogP contribution in [-0.2, 0) is 4.74 Å². The Morgan fingerprint density at radius 1 is 1.44 bits per heavy atom. The number of carbonyl (C=O) groups is 2. The van der Waals surface area contributed by atoms with Crippen LogP contribution < -0.4 is 5.73 Å². The molecule has 0 saturated heterocycles. The number of nitrogens with two attached hydrogens (primary N) is 1. The SMILES string of the molecule is CCOC(=O)c1cc(N)cc(C(=O)CBr)n1. The fraction of sp³-hybridized carbons (Fsp3) is 0.300. The standard InChI is InChI=1S/C10H11BrN2O3/c1-2-16-10(15)8-4-6(12)3-7(13-8)9(14)5-11/h3-4H,2,5H2,1H3,(H2,12,13). The van der Waals surface area contributed by atoms with Crippen molar-refractivity contribution in [3.05, 3.63) is 23.5 Å². The highest BCUT2D eigenvalue weighted by molar-refractivity contribution is 9.09. The van der Waals surface area contributed by atoms with Crippen molar-refractivity contribution in [1.29, 1.82) is 0 Å². The zero-order valence-corrected chi connectivity index (χ0v) is 10.3. The van der Waals surface area contributed by atoms with E-state index in [1.807, 2.05) is 0 Å². The van der Waals surface area contributed by atoms with Gasteiger partial charge in [0, 0.05) is 5.69 Å². The van der Waals surface area contributed by atoms with Gasteiger partial charge in [-0.2, -0.15) is 0 Å². The molecule has 0 fully saturated rings. The molecule has 16 heavy (non-hydrogen) atoms. The lowest BCUT2D eigenvalue weighted by Crippen LogP contribution is -2.12. The molecule has 5 nitrogen and oxygen atoms in total. The number of alkyl halides is 1. The molecule has 0 spiro atoms. The molecule has 1 aromatic heterocycles. The van der Waals surface area contributed by atoms with Crippen molar-refractivity contribution in [2.75, 3.05) is 17.7 Å². The molecule has 0 atom stereocenters. The summed E-state index contributed by atoms with van der Waals surface area (Å²) >= 11 is 3.02. The lowest BCUT2D eigenvalue weighted by molar-refractivity contribution is 0.0519. The number of nitrogen functional groups attached to an aromatic ring is 1. The molecule has 0 aliphatic rings. The molecule has 6 heteroatoms. The second-order valence-corrected chi connectivity index (χ2v) is 3.51. The Morgan fingerprint density at radius 3 is 2.62 bits per heavy atom. The number of nitrogens with zero attached hydrogens (tertiary/aromatic N) is 1. The maximum absolute atomic E-state index is 11.4.